The molecule has 1 aromatic rings. The smallest absolute Gasteiger partial charge is 0.150 e. The molecule has 0 saturated heterocycles. The minimum absolute atomic E-state index is 0.377. The van der Waals surface area contributed by atoms with E-state index < -0.39 is 0 Å². The molecule has 0 spiro atoms. The Kier molecular flexibility index (Phi) is 3.42. The molecule has 5 heteroatoms. The van der Waals surface area contributed by atoms with Crippen LogP contribution in [0.4, 0.5) is 0 Å². The van der Waals surface area contributed by atoms with Gasteiger partial charge in [0.15, 0.2) is 0 Å². The van der Waals surface area contributed by atoms with Crippen molar-refractivity contribution in [1.82, 2.24) is 5.32 Å². The van der Waals surface area contributed by atoms with Crippen LogP contribution in [0, 0.1) is 6.92 Å². The number of fused-ring (bicyclic) bond motifs is 1. The number of hydrogen-bond donors (Lipinski definition) is 1. The van der Waals surface area contributed by atoms with Crippen LogP contribution in [0.3, 0.4) is 0 Å². The third-order valence-electron chi connectivity index (χ3n) is 2.15. The van der Waals surface area contributed by atoms with Crippen LogP contribution >= 0.6 is 39.0 Å². The molecule has 2 nitrogen and oxygen atoms in total. The normalized spacial score (nSPS) is 21.2. The molecule has 1 unspecified atom stereocenters. The van der Waals surface area contributed by atoms with Crippen molar-refractivity contribution in [2.75, 3.05) is 19.4 Å². The van der Waals surface area contributed by atoms with Gasteiger partial charge >= 0.3 is 0 Å². The topological polar surface area (TPSA) is 21.3 Å². The van der Waals surface area contributed by atoms with Gasteiger partial charge in [0, 0.05) is 11.4 Å². The fourth-order valence-corrected chi connectivity index (χ4v) is 4.15. The van der Waals surface area contributed by atoms with E-state index in [4.69, 9.17) is 4.74 Å². The SMILES string of the molecule is CSC1NCCOc2c1sc(C)c2Br. The van der Waals surface area contributed by atoms with E-state index in [9.17, 15) is 0 Å². The molecule has 0 bridgehead atoms. The second kappa shape index (κ2) is 4.43. The van der Waals surface area contributed by atoms with Crippen molar-refractivity contribution in [2.45, 2.75) is 12.3 Å². The van der Waals surface area contributed by atoms with Crippen molar-refractivity contribution >= 4 is 39.0 Å². The number of aryl methyl sites for hydroxylation is 1. The van der Waals surface area contributed by atoms with E-state index in [1.54, 1.807) is 0 Å². The molecule has 1 atom stereocenters. The number of thioether (sulfide) groups is 1. The summed E-state index contributed by atoms with van der Waals surface area (Å²) in [5.41, 5.74) is 0. The minimum Gasteiger partial charge on any atom is -0.490 e. The van der Waals surface area contributed by atoms with Gasteiger partial charge in [-0.05, 0) is 29.1 Å². The van der Waals surface area contributed by atoms with Crippen molar-refractivity contribution in [2.24, 2.45) is 0 Å². The average molecular weight is 294 g/mol. The van der Waals surface area contributed by atoms with Crippen molar-refractivity contribution in [1.29, 1.82) is 0 Å². The fraction of sp³-hybridized carbons (Fsp3) is 0.556. The molecule has 2 heterocycles. The van der Waals surface area contributed by atoms with E-state index in [-0.39, 0.29) is 0 Å². The summed E-state index contributed by atoms with van der Waals surface area (Å²) >= 11 is 7.21. The first-order valence-corrected chi connectivity index (χ1v) is 7.31. The Morgan fingerprint density at radius 1 is 1.64 bits per heavy atom. The quantitative estimate of drug-likeness (QED) is 0.859. The van der Waals surface area contributed by atoms with E-state index in [1.807, 2.05) is 23.1 Å². The Morgan fingerprint density at radius 3 is 3.14 bits per heavy atom. The van der Waals surface area contributed by atoms with E-state index in [0.717, 1.165) is 23.4 Å². The monoisotopic (exact) mass is 293 g/mol. The minimum atomic E-state index is 0.377. The lowest BCUT2D eigenvalue weighted by atomic mass is 10.4. The van der Waals surface area contributed by atoms with Gasteiger partial charge in [-0.3, -0.25) is 5.32 Å². The molecule has 0 saturated carbocycles. The second-order valence-corrected chi connectivity index (χ2v) is 6.08. The fourth-order valence-electron chi connectivity index (χ4n) is 1.46. The van der Waals surface area contributed by atoms with Gasteiger partial charge in [-0.1, -0.05) is 0 Å². The molecule has 0 aromatic carbocycles. The van der Waals surface area contributed by atoms with Crippen LogP contribution in [0.25, 0.3) is 0 Å². The maximum absolute atomic E-state index is 5.72. The summed E-state index contributed by atoms with van der Waals surface area (Å²) in [6.07, 6.45) is 2.12. The van der Waals surface area contributed by atoms with Crippen LogP contribution in [0.2, 0.25) is 0 Å². The molecular weight excluding hydrogens is 282 g/mol. The number of halogens is 1. The average Bonchev–Trinajstić information content (AvgIpc) is 2.41. The Bertz CT molecular complexity index is 340. The maximum Gasteiger partial charge on any atom is 0.150 e. The summed E-state index contributed by atoms with van der Waals surface area (Å²) in [6, 6.07) is 0. The van der Waals surface area contributed by atoms with Crippen LogP contribution in [0.5, 0.6) is 5.75 Å². The van der Waals surface area contributed by atoms with Crippen LogP contribution in [0.15, 0.2) is 4.47 Å². The molecule has 1 aromatic heterocycles. The number of hydrogen-bond acceptors (Lipinski definition) is 4. The number of thiophene rings is 1. The van der Waals surface area contributed by atoms with Gasteiger partial charge in [-0.2, -0.15) is 0 Å². The highest BCUT2D eigenvalue weighted by molar-refractivity contribution is 9.10. The summed E-state index contributed by atoms with van der Waals surface area (Å²) in [5.74, 6) is 1.04. The van der Waals surface area contributed by atoms with Crippen LogP contribution in [-0.2, 0) is 0 Å². The van der Waals surface area contributed by atoms with Gasteiger partial charge in [0.1, 0.15) is 12.4 Å². The first kappa shape index (κ1) is 10.8. The zero-order chi connectivity index (χ0) is 10.1. The van der Waals surface area contributed by atoms with Gasteiger partial charge in [0.25, 0.3) is 0 Å². The van der Waals surface area contributed by atoms with Crippen LogP contribution in [0.1, 0.15) is 15.1 Å². The predicted molar refractivity (Wildman–Crippen MR) is 66.5 cm³/mol. The molecule has 0 amide bonds. The Labute approximate surface area is 101 Å². The number of ether oxygens (including phenoxy) is 1. The molecule has 14 heavy (non-hydrogen) atoms. The van der Waals surface area contributed by atoms with Gasteiger partial charge in [-0.25, -0.2) is 0 Å². The molecule has 1 aliphatic rings. The molecule has 1 N–H and O–H groups in total. The van der Waals surface area contributed by atoms with Crippen molar-refractivity contribution < 1.29 is 4.74 Å². The van der Waals surface area contributed by atoms with Crippen molar-refractivity contribution in [3.8, 4) is 5.75 Å². The molecule has 0 radical (unpaired) electrons. The van der Waals surface area contributed by atoms with Crippen molar-refractivity contribution in [3.05, 3.63) is 14.2 Å². The van der Waals surface area contributed by atoms with Gasteiger partial charge in [0.2, 0.25) is 0 Å². The Morgan fingerprint density at radius 2 is 2.43 bits per heavy atom. The Balaban J connectivity index is 2.44. The second-order valence-electron chi connectivity index (χ2n) is 3.08. The maximum atomic E-state index is 5.72. The van der Waals surface area contributed by atoms with Gasteiger partial charge < -0.3 is 4.74 Å². The first-order valence-electron chi connectivity index (χ1n) is 4.41. The van der Waals surface area contributed by atoms with Crippen LogP contribution in [-0.4, -0.2) is 19.4 Å². The first-order chi connectivity index (χ1) is 6.74. The summed E-state index contributed by atoms with van der Waals surface area (Å²) in [6.45, 7) is 3.78. The standard InChI is InChI=1S/C9H12BrNOS2/c1-5-6(10)7-8(14-5)9(13-2)11-3-4-12-7/h9,11H,3-4H2,1-2H3. The number of nitrogens with one attached hydrogen (secondary N) is 1. The number of rotatable bonds is 1. The lowest BCUT2D eigenvalue weighted by Crippen LogP contribution is -2.20. The zero-order valence-corrected chi connectivity index (χ0v) is 11.3. The third-order valence-corrected chi connectivity index (χ3v) is 5.54. The molecule has 1 aliphatic heterocycles. The molecule has 0 aliphatic carbocycles. The van der Waals surface area contributed by atoms with Gasteiger partial charge in [-0.15, -0.1) is 23.1 Å². The molecule has 2 rings (SSSR count). The zero-order valence-electron chi connectivity index (χ0n) is 8.09. The predicted octanol–water partition coefficient (Wildman–Crippen LogP) is 3.16. The molecular formula is C9H12BrNOS2. The van der Waals surface area contributed by atoms with E-state index in [1.165, 1.54) is 9.75 Å². The molecule has 78 valence electrons. The largest absolute Gasteiger partial charge is 0.490 e. The lowest BCUT2D eigenvalue weighted by molar-refractivity contribution is 0.324. The summed E-state index contributed by atoms with van der Waals surface area (Å²) in [7, 11) is 0. The van der Waals surface area contributed by atoms with E-state index in [2.05, 4.69) is 34.4 Å². The summed E-state index contributed by atoms with van der Waals surface area (Å²) in [5, 5.41) is 3.83. The third kappa shape index (κ3) is 1.83. The molecule has 0 fully saturated rings. The van der Waals surface area contributed by atoms with Gasteiger partial charge in [0.05, 0.1) is 14.7 Å². The van der Waals surface area contributed by atoms with E-state index in [0.29, 0.717) is 5.37 Å². The lowest BCUT2D eigenvalue weighted by Gasteiger charge is -2.10. The summed E-state index contributed by atoms with van der Waals surface area (Å²) in [4.78, 5) is 2.59. The Hall–Kier alpha value is 0.290. The summed E-state index contributed by atoms with van der Waals surface area (Å²) < 4.78 is 6.85. The highest BCUT2D eigenvalue weighted by Crippen LogP contribution is 2.45. The van der Waals surface area contributed by atoms with Crippen LogP contribution < -0.4 is 10.1 Å². The highest BCUT2D eigenvalue weighted by Gasteiger charge is 2.24. The highest BCUT2D eigenvalue weighted by atomic mass is 79.9. The van der Waals surface area contributed by atoms with E-state index >= 15 is 0 Å². The van der Waals surface area contributed by atoms with Crippen molar-refractivity contribution in [3.63, 3.8) is 0 Å².